The zero-order valence-electron chi connectivity index (χ0n) is 14.8. The average Bonchev–Trinajstić information content (AvgIpc) is 2.49. The Kier molecular flexibility index (Phi) is 14.8. The Morgan fingerprint density at radius 1 is 0.826 bits per heavy atom. The summed E-state index contributed by atoms with van der Waals surface area (Å²) in [5, 5.41) is 0. The summed E-state index contributed by atoms with van der Waals surface area (Å²) in [7, 11) is -2.84. The molecule has 0 bridgehead atoms. The van der Waals surface area contributed by atoms with Crippen molar-refractivity contribution in [2.24, 2.45) is 0 Å². The predicted molar refractivity (Wildman–Crippen MR) is 102 cm³/mol. The van der Waals surface area contributed by atoms with E-state index in [0.29, 0.717) is 12.8 Å². The van der Waals surface area contributed by atoms with Crippen LogP contribution in [0, 0.1) is 11.8 Å². The van der Waals surface area contributed by atoms with Crippen LogP contribution in [-0.2, 0) is 9.84 Å². The maximum Gasteiger partial charge on any atom is 0.147 e. The molecule has 0 fully saturated rings. The van der Waals surface area contributed by atoms with Crippen LogP contribution in [0.25, 0.3) is 0 Å². The van der Waals surface area contributed by atoms with Crippen molar-refractivity contribution in [1.29, 1.82) is 0 Å². The van der Waals surface area contributed by atoms with Gasteiger partial charge in [0, 0.05) is 19.1 Å². The summed E-state index contributed by atoms with van der Waals surface area (Å²) in [6.45, 7) is 2.23. The third-order valence-corrected chi connectivity index (χ3v) is 4.21. The highest BCUT2D eigenvalue weighted by Gasteiger charge is 1.98. The Morgan fingerprint density at radius 2 is 1.48 bits per heavy atom. The summed E-state index contributed by atoms with van der Waals surface area (Å²) in [6.07, 6.45) is 23.4. The molecule has 0 radical (unpaired) electrons. The van der Waals surface area contributed by atoms with Crippen molar-refractivity contribution in [3.05, 3.63) is 36.5 Å². The van der Waals surface area contributed by atoms with Crippen LogP contribution in [-0.4, -0.2) is 20.4 Å². The molecule has 130 valence electrons. The fraction of sp³-hybridized carbons (Fsp3) is 0.600. The zero-order chi connectivity index (χ0) is 17.2. The second-order valence-electron chi connectivity index (χ2n) is 5.67. The summed E-state index contributed by atoms with van der Waals surface area (Å²) >= 11 is 0. The van der Waals surface area contributed by atoms with Crippen LogP contribution < -0.4 is 0 Å². The standard InChI is InChI=1S/C20H32O2S/c1-3-4-5-6-7-8-9-10-11-12-13-14-15-16-17-18-19-20-23(2,21)22/h7-8,10-11,13-14H,3-6,9,12,15,18-20H2,1-2H3. The highest BCUT2D eigenvalue weighted by atomic mass is 32.2. The number of hydrogen-bond donors (Lipinski definition) is 0. The van der Waals surface area contributed by atoms with Crippen LogP contribution in [0.15, 0.2) is 36.5 Å². The van der Waals surface area contributed by atoms with Crippen molar-refractivity contribution >= 4 is 9.84 Å². The Hall–Kier alpha value is -1.27. The molecule has 0 amide bonds. The fourth-order valence-electron chi connectivity index (χ4n) is 1.90. The minimum absolute atomic E-state index is 0.232. The molecule has 0 rings (SSSR count). The lowest BCUT2D eigenvalue weighted by molar-refractivity contribution is 0.599. The van der Waals surface area contributed by atoms with E-state index >= 15 is 0 Å². The van der Waals surface area contributed by atoms with Crippen molar-refractivity contribution in [1.82, 2.24) is 0 Å². The average molecular weight is 337 g/mol. The zero-order valence-corrected chi connectivity index (χ0v) is 15.6. The van der Waals surface area contributed by atoms with Gasteiger partial charge in [-0.25, -0.2) is 8.42 Å². The number of allylic oxidation sites excluding steroid dienone is 6. The van der Waals surface area contributed by atoms with E-state index < -0.39 is 9.84 Å². The predicted octanol–water partition coefficient (Wildman–Crippen LogP) is 5.23. The molecule has 0 saturated carbocycles. The lowest BCUT2D eigenvalue weighted by Gasteiger charge is -1.91. The van der Waals surface area contributed by atoms with Gasteiger partial charge in [0.15, 0.2) is 0 Å². The smallest absolute Gasteiger partial charge is 0.147 e. The molecule has 2 nitrogen and oxygen atoms in total. The normalized spacial score (nSPS) is 12.3. The third-order valence-electron chi connectivity index (χ3n) is 3.18. The first-order chi connectivity index (χ1) is 11.1. The van der Waals surface area contributed by atoms with Gasteiger partial charge in [-0.3, -0.25) is 0 Å². The van der Waals surface area contributed by atoms with Crippen molar-refractivity contribution in [3.8, 4) is 11.8 Å². The molecule has 0 aromatic rings. The van der Waals surface area contributed by atoms with Gasteiger partial charge < -0.3 is 0 Å². The Balaban J connectivity index is 3.52. The van der Waals surface area contributed by atoms with Crippen LogP contribution in [0.2, 0.25) is 0 Å². The first-order valence-corrected chi connectivity index (χ1v) is 10.7. The van der Waals surface area contributed by atoms with Crippen LogP contribution >= 0.6 is 0 Å². The quantitative estimate of drug-likeness (QED) is 0.278. The molecule has 0 aromatic heterocycles. The Morgan fingerprint density at radius 3 is 2.13 bits per heavy atom. The first kappa shape index (κ1) is 21.7. The van der Waals surface area contributed by atoms with Gasteiger partial charge in [0.25, 0.3) is 0 Å². The van der Waals surface area contributed by atoms with Gasteiger partial charge in [0.05, 0.1) is 5.75 Å². The van der Waals surface area contributed by atoms with E-state index in [2.05, 4.69) is 55.2 Å². The van der Waals surface area contributed by atoms with Crippen molar-refractivity contribution in [2.75, 3.05) is 12.0 Å². The highest BCUT2D eigenvalue weighted by Crippen LogP contribution is 2.00. The minimum atomic E-state index is -2.84. The fourth-order valence-corrected chi connectivity index (χ4v) is 2.57. The lowest BCUT2D eigenvalue weighted by Crippen LogP contribution is -2.01. The summed E-state index contributed by atoms with van der Waals surface area (Å²) in [5.74, 6) is 6.28. The molecule has 0 aliphatic rings. The number of sulfone groups is 1. The lowest BCUT2D eigenvalue weighted by atomic mass is 10.2. The molecule has 0 aromatic carbocycles. The second kappa shape index (κ2) is 15.6. The summed E-state index contributed by atoms with van der Waals surface area (Å²) in [4.78, 5) is 0. The van der Waals surface area contributed by atoms with Crippen molar-refractivity contribution < 1.29 is 8.42 Å². The van der Waals surface area contributed by atoms with Crippen LogP contribution in [0.1, 0.15) is 64.7 Å². The molecule has 0 spiro atoms. The Labute approximate surface area is 143 Å². The van der Waals surface area contributed by atoms with Gasteiger partial charge in [-0.15, -0.1) is 5.92 Å². The largest absolute Gasteiger partial charge is 0.229 e. The van der Waals surface area contributed by atoms with Crippen molar-refractivity contribution in [2.45, 2.75) is 64.7 Å². The van der Waals surface area contributed by atoms with Crippen LogP contribution in [0.5, 0.6) is 0 Å². The van der Waals surface area contributed by atoms with E-state index in [-0.39, 0.29) is 5.75 Å². The van der Waals surface area contributed by atoms with Gasteiger partial charge in [-0.05, 0) is 32.1 Å². The third kappa shape index (κ3) is 20.7. The van der Waals surface area contributed by atoms with Gasteiger partial charge in [0.2, 0.25) is 0 Å². The molecule has 3 heteroatoms. The molecule has 0 unspecified atom stereocenters. The molecule has 0 heterocycles. The molecule has 0 aliphatic carbocycles. The van der Waals surface area contributed by atoms with Gasteiger partial charge in [0.1, 0.15) is 9.84 Å². The topological polar surface area (TPSA) is 34.1 Å². The van der Waals surface area contributed by atoms with E-state index in [9.17, 15) is 8.42 Å². The highest BCUT2D eigenvalue weighted by molar-refractivity contribution is 7.90. The molecular formula is C20H32O2S. The maximum atomic E-state index is 10.9. The van der Waals surface area contributed by atoms with Crippen LogP contribution in [0.4, 0.5) is 0 Å². The van der Waals surface area contributed by atoms with E-state index in [0.717, 1.165) is 19.3 Å². The second-order valence-corrected chi connectivity index (χ2v) is 7.93. The summed E-state index contributed by atoms with van der Waals surface area (Å²) in [6, 6.07) is 0. The van der Waals surface area contributed by atoms with Gasteiger partial charge >= 0.3 is 0 Å². The molecule has 0 aliphatic heterocycles. The number of hydrogen-bond acceptors (Lipinski definition) is 2. The SMILES string of the molecule is CCCCCC=CCC=CCC=CCC#CCCCS(C)(=O)=O. The minimum Gasteiger partial charge on any atom is -0.229 e. The summed E-state index contributed by atoms with van der Waals surface area (Å²) < 4.78 is 21.8. The molecule has 0 N–H and O–H groups in total. The molecule has 0 saturated heterocycles. The van der Waals surface area contributed by atoms with E-state index in [1.54, 1.807) is 0 Å². The molecule has 0 atom stereocenters. The molecule has 23 heavy (non-hydrogen) atoms. The number of unbranched alkanes of at least 4 members (excludes halogenated alkanes) is 4. The van der Waals surface area contributed by atoms with Crippen LogP contribution in [0.3, 0.4) is 0 Å². The summed E-state index contributed by atoms with van der Waals surface area (Å²) in [5.41, 5.74) is 0. The van der Waals surface area contributed by atoms with Crippen molar-refractivity contribution in [3.63, 3.8) is 0 Å². The van der Waals surface area contributed by atoms with E-state index in [4.69, 9.17) is 0 Å². The maximum absolute atomic E-state index is 10.9. The van der Waals surface area contributed by atoms with E-state index in [1.165, 1.54) is 31.9 Å². The Bertz CT molecular complexity index is 514. The monoisotopic (exact) mass is 336 g/mol. The number of rotatable bonds is 12. The molecular weight excluding hydrogens is 304 g/mol. The van der Waals surface area contributed by atoms with Gasteiger partial charge in [-0.1, -0.05) is 62.1 Å². The van der Waals surface area contributed by atoms with Gasteiger partial charge in [-0.2, -0.15) is 0 Å². The first-order valence-electron chi connectivity index (χ1n) is 8.64. The van der Waals surface area contributed by atoms with E-state index in [1.807, 2.05) is 0 Å².